The van der Waals surface area contributed by atoms with Crippen LogP contribution in [0, 0.1) is 0 Å². The molecule has 0 spiro atoms. The highest BCUT2D eigenvalue weighted by molar-refractivity contribution is 5.88. The second-order valence-electron chi connectivity index (χ2n) is 5.60. The molecule has 1 saturated heterocycles. The van der Waals surface area contributed by atoms with Crippen LogP contribution in [0.4, 0.5) is 23.1 Å². The van der Waals surface area contributed by atoms with E-state index >= 15 is 0 Å². The third-order valence-corrected chi connectivity index (χ3v) is 4.03. The molecule has 3 heterocycles. The van der Waals surface area contributed by atoms with Crippen molar-refractivity contribution in [2.24, 2.45) is 0 Å². The standard InChI is InChI=1S/C17H18N6O/c18-16-14-5-6-19-11-15(14)21-17(22-16)20-12-1-3-13(4-2-12)23-7-9-24-10-8-23/h1-6,11H,7-10H2,(H3,18,20,21,22). The third-order valence-electron chi connectivity index (χ3n) is 4.03. The number of aromatic nitrogens is 3. The number of fused-ring (bicyclic) bond motifs is 1. The maximum Gasteiger partial charge on any atom is 0.229 e. The Morgan fingerprint density at radius 2 is 1.83 bits per heavy atom. The lowest BCUT2D eigenvalue weighted by Gasteiger charge is -2.28. The van der Waals surface area contributed by atoms with Gasteiger partial charge in [0.1, 0.15) is 5.82 Å². The van der Waals surface area contributed by atoms with E-state index in [0.29, 0.717) is 11.8 Å². The number of morpholine rings is 1. The molecule has 122 valence electrons. The number of hydrogen-bond donors (Lipinski definition) is 2. The zero-order valence-corrected chi connectivity index (χ0v) is 13.1. The molecule has 7 heteroatoms. The zero-order chi connectivity index (χ0) is 16.4. The Morgan fingerprint density at radius 1 is 1.04 bits per heavy atom. The van der Waals surface area contributed by atoms with Gasteiger partial charge in [-0.1, -0.05) is 0 Å². The average molecular weight is 322 g/mol. The number of benzene rings is 1. The van der Waals surface area contributed by atoms with Crippen molar-refractivity contribution in [2.45, 2.75) is 0 Å². The van der Waals surface area contributed by atoms with Gasteiger partial charge in [0.25, 0.3) is 0 Å². The minimum atomic E-state index is 0.440. The van der Waals surface area contributed by atoms with Crippen molar-refractivity contribution in [3.05, 3.63) is 42.7 Å². The summed E-state index contributed by atoms with van der Waals surface area (Å²) in [4.78, 5) is 15.1. The van der Waals surface area contributed by atoms with Crippen molar-refractivity contribution in [1.29, 1.82) is 0 Å². The molecular weight excluding hydrogens is 304 g/mol. The van der Waals surface area contributed by atoms with Gasteiger partial charge < -0.3 is 20.7 Å². The third kappa shape index (κ3) is 2.93. The van der Waals surface area contributed by atoms with Crippen LogP contribution in [0.1, 0.15) is 0 Å². The van der Waals surface area contributed by atoms with E-state index in [0.717, 1.165) is 42.9 Å². The summed E-state index contributed by atoms with van der Waals surface area (Å²) in [5, 5.41) is 4.00. The monoisotopic (exact) mass is 322 g/mol. The van der Waals surface area contributed by atoms with E-state index < -0.39 is 0 Å². The Balaban J connectivity index is 1.54. The van der Waals surface area contributed by atoms with Crippen molar-refractivity contribution in [3.63, 3.8) is 0 Å². The molecule has 3 N–H and O–H groups in total. The molecule has 0 unspecified atom stereocenters. The maximum absolute atomic E-state index is 5.99. The largest absolute Gasteiger partial charge is 0.383 e. The summed E-state index contributed by atoms with van der Waals surface area (Å²) in [6.07, 6.45) is 3.36. The van der Waals surface area contributed by atoms with E-state index in [2.05, 4.69) is 37.3 Å². The lowest BCUT2D eigenvalue weighted by molar-refractivity contribution is 0.122. The van der Waals surface area contributed by atoms with Gasteiger partial charge in [-0.15, -0.1) is 0 Å². The second kappa shape index (κ2) is 6.29. The highest BCUT2D eigenvalue weighted by atomic mass is 16.5. The molecular formula is C17H18N6O. The quantitative estimate of drug-likeness (QED) is 0.764. The van der Waals surface area contributed by atoms with E-state index in [-0.39, 0.29) is 0 Å². The maximum atomic E-state index is 5.99. The SMILES string of the molecule is Nc1nc(Nc2ccc(N3CCOCC3)cc2)nc2cnccc12. The molecule has 0 amide bonds. The van der Waals surface area contributed by atoms with Crippen LogP contribution in [-0.4, -0.2) is 41.3 Å². The van der Waals surface area contributed by atoms with Crippen LogP contribution >= 0.6 is 0 Å². The van der Waals surface area contributed by atoms with E-state index in [1.165, 1.54) is 5.69 Å². The normalized spacial score (nSPS) is 14.8. The molecule has 0 aliphatic carbocycles. The number of rotatable bonds is 3. The van der Waals surface area contributed by atoms with E-state index in [1.54, 1.807) is 12.4 Å². The first-order chi connectivity index (χ1) is 11.8. The summed E-state index contributed by atoms with van der Waals surface area (Å²) in [5.41, 5.74) is 8.81. The molecule has 0 atom stereocenters. The predicted octanol–water partition coefficient (Wildman–Crippen LogP) is 2.19. The summed E-state index contributed by atoms with van der Waals surface area (Å²) in [7, 11) is 0. The first-order valence-electron chi connectivity index (χ1n) is 7.86. The summed E-state index contributed by atoms with van der Waals surface area (Å²) >= 11 is 0. The van der Waals surface area contributed by atoms with Crippen LogP contribution in [0.25, 0.3) is 10.9 Å². The Kier molecular flexibility index (Phi) is 3.84. The number of nitrogens with one attached hydrogen (secondary N) is 1. The fourth-order valence-corrected chi connectivity index (χ4v) is 2.77. The number of nitrogens with two attached hydrogens (primary N) is 1. The van der Waals surface area contributed by atoms with Crippen LogP contribution in [0.15, 0.2) is 42.7 Å². The van der Waals surface area contributed by atoms with Crippen molar-refractivity contribution in [3.8, 4) is 0 Å². The van der Waals surface area contributed by atoms with Gasteiger partial charge in [0.2, 0.25) is 5.95 Å². The molecule has 1 aromatic carbocycles. The van der Waals surface area contributed by atoms with Gasteiger partial charge in [-0.05, 0) is 30.3 Å². The Labute approximate surface area is 139 Å². The molecule has 0 saturated carbocycles. The van der Waals surface area contributed by atoms with Gasteiger partial charge >= 0.3 is 0 Å². The van der Waals surface area contributed by atoms with Crippen LogP contribution in [0.5, 0.6) is 0 Å². The number of nitrogen functional groups attached to an aromatic ring is 1. The molecule has 7 nitrogen and oxygen atoms in total. The minimum absolute atomic E-state index is 0.440. The number of anilines is 4. The number of nitrogens with zero attached hydrogens (tertiary/aromatic N) is 4. The number of ether oxygens (including phenoxy) is 1. The average Bonchev–Trinajstić information content (AvgIpc) is 2.63. The summed E-state index contributed by atoms with van der Waals surface area (Å²) < 4.78 is 5.38. The van der Waals surface area contributed by atoms with Gasteiger partial charge in [-0.3, -0.25) is 4.98 Å². The summed E-state index contributed by atoms with van der Waals surface area (Å²) in [6.45, 7) is 3.39. The van der Waals surface area contributed by atoms with Crippen LogP contribution in [-0.2, 0) is 4.74 Å². The van der Waals surface area contributed by atoms with E-state index in [9.17, 15) is 0 Å². The van der Waals surface area contributed by atoms with Crippen LogP contribution in [0.3, 0.4) is 0 Å². The van der Waals surface area contributed by atoms with Gasteiger partial charge in [0.05, 0.1) is 24.9 Å². The molecule has 3 aromatic rings. The van der Waals surface area contributed by atoms with Crippen LogP contribution in [0.2, 0.25) is 0 Å². The number of hydrogen-bond acceptors (Lipinski definition) is 7. The second-order valence-corrected chi connectivity index (χ2v) is 5.60. The first kappa shape index (κ1) is 14.6. The molecule has 1 aliphatic heterocycles. The molecule has 24 heavy (non-hydrogen) atoms. The van der Waals surface area contributed by atoms with Crippen molar-refractivity contribution in [2.75, 3.05) is 42.3 Å². The fraction of sp³-hybridized carbons (Fsp3) is 0.235. The lowest BCUT2D eigenvalue weighted by Crippen LogP contribution is -2.36. The fourth-order valence-electron chi connectivity index (χ4n) is 2.77. The Morgan fingerprint density at radius 3 is 2.62 bits per heavy atom. The molecule has 4 rings (SSSR count). The van der Waals surface area contributed by atoms with Gasteiger partial charge in [0, 0.05) is 36.0 Å². The lowest BCUT2D eigenvalue weighted by atomic mass is 10.2. The Hall–Kier alpha value is -2.93. The molecule has 1 fully saturated rings. The molecule has 2 aromatic heterocycles. The summed E-state index contributed by atoms with van der Waals surface area (Å²) in [5.74, 6) is 0.905. The van der Waals surface area contributed by atoms with Crippen molar-refractivity contribution in [1.82, 2.24) is 15.0 Å². The van der Waals surface area contributed by atoms with Crippen molar-refractivity contribution < 1.29 is 4.74 Å². The van der Waals surface area contributed by atoms with Crippen molar-refractivity contribution >= 4 is 34.0 Å². The van der Waals surface area contributed by atoms with Gasteiger partial charge in [-0.25, -0.2) is 4.98 Å². The van der Waals surface area contributed by atoms with Crippen LogP contribution < -0.4 is 16.0 Å². The highest BCUT2D eigenvalue weighted by Gasteiger charge is 2.11. The predicted molar refractivity (Wildman–Crippen MR) is 94.5 cm³/mol. The topological polar surface area (TPSA) is 89.2 Å². The summed E-state index contributed by atoms with van der Waals surface area (Å²) in [6, 6.07) is 10.0. The smallest absolute Gasteiger partial charge is 0.229 e. The minimum Gasteiger partial charge on any atom is -0.383 e. The number of pyridine rings is 1. The Bertz CT molecular complexity index is 845. The molecule has 0 bridgehead atoms. The molecule has 0 radical (unpaired) electrons. The van der Waals surface area contributed by atoms with E-state index in [4.69, 9.17) is 10.5 Å². The van der Waals surface area contributed by atoms with Gasteiger partial charge in [-0.2, -0.15) is 4.98 Å². The zero-order valence-electron chi connectivity index (χ0n) is 13.1. The first-order valence-corrected chi connectivity index (χ1v) is 7.86. The van der Waals surface area contributed by atoms with Gasteiger partial charge in [0.15, 0.2) is 0 Å². The van der Waals surface area contributed by atoms with E-state index in [1.807, 2.05) is 18.2 Å². The highest BCUT2D eigenvalue weighted by Crippen LogP contribution is 2.23. The molecule has 1 aliphatic rings.